The first kappa shape index (κ1) is 19.9. The van der Waals surface area contributed by atoms with Gasteiger partial charge in [0.2, 0.25) is 0 Å². The van der Waals surface area contributed by atoms with Crippen LogP contribution in [0.25, 0.3) is 0 Å². The summed E-state index contributed by atoms with van der Waals surface area (Å²) >= 11 is 0. The second-order valence-corrected chi connectivity index (χ2v) is 6.76. The van der Waals surface area contributed by atoms with Crippen molar-refractivity contribution in [3.8, 4) is 0 Å². The van der Waals surface area contributed by atoms with Crippen LogP contribution >= 0.6 is 0 Å². The summed E-state index contributed by atoms with van der Waals surface area (Å²) in [5, 5.41) is 5.17. The monoisotopic (exact) mass is 364 g/mol. The quantitative estimate of drug-likeness (QED) is 0.757. The van der Waals surface area contributed by atoms with Crippen LogP contribution in [0.2, 0.25) is 0 Å². The molecule has 1 saturated carbocycles. The molecule has 0 saturated heterocycles. The lowest BCUT2D eigenvalue weighted by Gasteiger charge is -2.34. The zero-order chi connectivity index (χ0) is 19.1. The molecule has 2 rings (SSSR count). The van der Waals surface area contributed by atoms with Crippen LogP contribution in [-0.4, -0.2) is 37.0 Å². The highest BCUT2D eigenvalue weighted by Gasteiger charge is 2.28. The number of amides is 2. The van der Waals surface area contributed by atoms with E-state index in [-0.39, 0.29) is 17.5 Å². The number of rotatable bonds is 6. The summed E-state index contributed by atoms with van der Waals surface area (Å²) in [6, 6.07) is 5.55. The average Bonchev–Trinajstić information content (AvgIpc) is 2.62. The average molecular weight is 364 g/mol. The number of ether oxygens (including phenoxy) is 1. The van der Waals surface area contributed by atoms with Gasteiger partial charge in [0, 0.05) is 6.04 Å². The number of hydrogen-bond acceptors (Lipinski definition) is 4. The van der Waals surface area contributed by atoms with Crippen molar-refractivity contribution in [3.63, 3.8) is 0 Å². The number of benzene rings is 1. The van der Waals surface area contributed by atoms with E-state index in [1.807, 2.05) is 0 Å². The van der Waals surface area contributed by atoms with Gasteiger partial charge in [0.05, 0.1) is 5.56 Å². The van der Waals surface area contributed by atoms with Crippen LogP contribution in [0.3, 0.4) is 0 Å². The largest absolute Gasteiger partial charge is 0.454 e. The molecule has 26 heavy (non-hydrogen) atoms. The van der Waals surface area contributed by atoms with Gasteiger partial charge in [-0.05, 0) is 30.4 Å². The standard InChI is InChI=1S/C19H25FN2O4/c1-12-6-5-9-16(13(12)2)22-17(23)11-26-18(24)10-21-19(25)14-7-3-4-8-15(14)20/h3-4,7-8,12-13,16H,5-6,9-11H2,1-2H3,(H,21,25)(H,22,23)/t12-,13+,16+/m1/s1. The van der Waals surface area contributed by atoms with Crippen molar-refractivity contribution in [2.45, 2.75) is 39.2 Å². The first-order valence-electron chi connectivity index (χ1n) is 8.86. The first-order chi connectivity index (χ1) is 12.4. The summed E-state index contributed by atoms with van der Waals surface area (Å²) in [5.74, 6) is -1.57. The molecule has 1 aromatic rings. The van der Waals surface area contributed by atoms with Crippen molar-refractivity contribution in [2.24, 2.45) is 11.8 Å². The Balaban J connectivity index is 1.70. The molecule has 6 nitrogen and oxygen atoms in total. The van der Waals surface area contributed by atoms with Crippen LogP contribution < -0.4 is 10.6 Å². The van der Waals surface area contributed by atoms with E-state index in [0.717, 1.165) is 25.3 Å². The van der Waals surface area contributed by atoms with E-state index in [9.17, 15) is 18.8 Å². The SMILES string of the molecule is C[C@H]1[C@H](C)CCC[C@@H]1NC(=O)COC(=O)CNC(=O)c1ccccc1F. The second-order valence-electron chi connectivity index (χ2n) is 6.76. The minimum Gasteiger partial charge on any atom is -0.454 e. The molecule has 1 aliphatic carbocycles. The zero-order valence-corrected chi connectivity index (χ0v) is 15.1. The van der Waals surface area contributed by atoms with Crippen molar-refractivity contribution in [1.82, 2.24) is 10.6 Å². The van der Waals surface area contributed by atoms with Gasteiger partial charge in [-0.2, -0.15) is 0 Å². The van der Waals surface area contributed by atoms with Crippen molar-refractivity contribution in [2.75, 3.05) is 13.2 Å². The van der Waals surface area contributed by atoms with Crippen LogP contribution in [0.4, 0.5) is 4.39 Å². The van der Waals surface area contributed by atoms with Gasteiger partial charge in [0.1, 0.15) is 12.4 Å². The highest BCUT2D eigenvalue weighted by atomic mass is 19.1. The van der Waals surface area contributed by atoms with Crippen LogP contribution in [0, 0.1) is 17.7 Å². The molecule has 0 heterocycles. The van der Waals surface area contributed by atoms with Gasteiger partial charge in [-0.3, -0.25) is 14.4 Å². The smallest absolute Gasteiger partial charge is 0.325 e. The molecule has 7 heteroatoms. The fourth-order valence-electron chi connectivity index (χ4n) is 3.12. The highest BCUT2D eigenvalue weighted by molar-refractivity contribution is 5.96. The first-order valence-corrected chi connectivity index (χ1v) is 8.86. The minimum atomic E-state index is -0.755. The topological polar surface area (TPSA) is 84.5 Å². The van der Waals surface area contributed by atoms with E-state index >= 15 is 0 Å². The Kier molecular flexibility index (Phi) is 7.12. The van der Waals surface area contributed by atoms with Crippen LogP contribution in [0.15, 0.2) is 24.3 Å². The van der Waals surface area contributed by atoms with E-state index < -0.39 is 30.8 Å². The van der Waals surface area contributed by atoms with E-state index in [0.29, 0.717) is 11.8 Å². The molecule has 2 N–H and O–H groups in total. The predicted octanol–water partition coefficient (Wildman–Crippen LogP) is 2.04. The van der Waals surface area contributed by atoms with Gasteiger partial charge < -0.3 is 15.4 Å². The number of halogens is 1. The molecule has 1 aliphatic rings. The molecule has 0 unspecified atom stereocenters. The minimum absolute atomic E-state index is 0.0886. The molecule has 2 amide bonds. The lowest BCUT2D eigenvalue weighted by Crippen LogP contribution is -2.45. The predicted molar refractivity (Wildman–Crippen MR) is 93.8 cm³/mol. The Hall–Kier alpha value is -2.44. The van der Waals surface area contributed by atoms with E-state index in [1.165, 1.54) is 18.2 Å². The van der Waals surface area contributed by atoms with Gasteiger partial charge in [0.25, 0.3) is 11.8 Å². The van der Waals surface area contributed by atoms with Crippen molar-refractivity contribution in [3.05, 3.63) is 35.6 Å². The lowest BCUT2D eigenvalue weighted by atomic mass is 9.78. The molecular weight excluding hydrogens is 339 g/mol. The van der Waals surface area contributed by atoms with E-state index in [4.69, 9.17) is 4.74 Å². The third kappa shape index (κ3) is 5.54. The Morgan fingerprint density at radius 2 is 1.92 bits per heavy atom. The summed E-state index contributed by atoms with van der Waals surface area (Å²) in [7, 11) is 0. The van der Waals surface area contributed by atoms with Crippen molar-refractivity contribution in [1.29, 1.82) is 0 Å². The molecule has 3 atom stereocenters. The molecule has 1 fully saturated rings. The van der Waals surface area contributed by atoms with Crippen LogP contribution in [-0.2, 0) is 14.3 Å². The Morgan fingerprint density at radius 1 is 1.19 bits per heavy atom. The molecule has 0 aromatic heterocycles. The van der Waals surface area contributed by atoms with Crippen LogP contribution in [0.1, 0.15) is 43.5 Å². The summed E-state index contributed by atoms with van der Waals surface area (Å²) in [4.78, 5) is 35.4. The molecule has 142 valence electrons. The third-order valence-electron chi connectivity index (χ3n) is 4.93. The summed E-state index contributed by atoms with van der Waals surface area (Å²) in [6.07, 6.45) is 3.15. The summed E-state index contributed by atoms with van der Waals surface area (Å²) < 4.78 is 18.3. The number of carbonyl (C=O) groups is 3. The normalized spacial score (nSPS) is 22.3. The van der Waals surface area contributed by atoms with Gasteiger partial charge in [-0.15, -0.1) is 0 Å². The van der Waals surface area contributed by atoms with Crippen LogP contribution in [0.5, 0.6) is 0 Å². The van der Waals surface area contributed by atoms with Gasteiger partial charge in [0.15, 0.2) is 6.61 Å². The second kappa shape index (κ2) is 9.31. The molecular formula is C19H25FN2O4. The van der Waals surface area contributed by atoms with Crippen molar-refractivity contribution >= 4 is 17.8 Å². The molecule has 0 radical (unpaired) electrons. The maximum absolute atomic E-state index is 13.5. The Labute approximate surface area is 152 Å². The molecule has 0 aliphatic heterocycles. The lowest BCUT2D eigenvalue weighted by molar-refractivity contribution is -0.147. The highest BCUT2D eigenvalue weighted by Crippen LogP contribution is 2.29. The zero-order valence-electron chi connectivity index (χ0n) is 15.1. The fourth-order valence-corrected chi connectivity index (χ4v) is 3.12. The summed E-state index contributed by atoms with van der Waals surface area (Å²) in [5.41, 5.74) is -0.154. The van der Waals surface area contributed by atoms with E-state index in [2.05, 4.69) is 24.5 Å². The van der Waals surface area contributed by atoms with Gasteiger partial charge in [-0.1, -0.05) is 38.8 Å². The van der Waals surface area contributed by atoms with E-state index in [1.54, 1.807) is 0 Å². The number of nitrogens with one attached hydrogen (secondary N) is 2. The molecule has 0 bridgehead atoms. The Morgan fingerprint density at radius 3 is 2.65 bits per heavy atom. The number of esters is 1. The maximum atomic E-state index is 13.5. The number of carbonyl (C=O) groups excluding carboxylic acids is 3. The van der Waals surface area contributed by atoms with Gasteiger partial charge >= 0.3 is 5.97 Å². The van der Waals surface area contributed by atoms with Crippen molar-refractivity contribution < 1.29 is 23.5 Å². The fraction of sp³-hybridized carbons (Fsp3) is 0.526. The maximum Gasteiger partial charge on any atom is 0.325 e. The molecule has 0 spiro atoms. The Bertz CT molecular complexity index is 665. The molecule has 1 aromatic carbocycles. The van der Waals surface area contributed by atoms with Gasteiger partial charge in [-0.25, -0.2) is 4.39 Å². The third-order valence-corrected chi connectivity index (χ3v) is 4.93. The summed E-state index contributed by atoms with van der Waals surface area (Å²) in [6.45, 7) is 3.45. The number of hydrogen-bond donors (Lipinski definition) is 2.